The molecule has 0 aliphatic rings. The molecule has 2 N–H and O–H groups in total. The Labute approximate surface area is 117 Å². The van der Waals surface area contributed by atoms with Crippen LogP contribution in [0.25, 0.3) is 11.1 Å². The normalized spacial score (nSPS) is 11.1. The van der Waals surface area contributed by atoms with Crippen LogP contribution in [0.3, 0.4) is 0 Å². The summed E-state index contributed by atoms with van der Waals surface area (Å²) in [6.45, 7) is 1.40. The Hall–Kier alpha value is -2.18. The van der Waals surface area contributed by atoms with E-state index in [1.54, 1.807) is 36.4 Å². The fourth-order valence-electron chi connectivity index (χ4n) is 1.87. The van der Waals surface area contributed by atoms with Gasteiger partial charge >= 0.3 is 0 Å². The summed E-state index contributed by atoms with van der Waals surface area (Å²) < 4.78 is 31.9. The molecule has 0 saturated carbocycles. The molecule has 0 saturated heterocycles. The molecule has 0 fully saturated rings. The fraction of sp³-hybridized carbons (Fsp3) is 0.0714. The van der Waals surface area contributed by atoms with Gasteiger partial charge in [-0.25, -0.2) is 0 Å². The number of rotatable bonds is 3. The van der Waals surface area contributed by atoms with E-state index in [0.29, 0.717) is 16.8 Å². The van der Waals surface area contributed by atoms with Crippen molar-refractivity contribution in [3.63, 3.8) is 0 Å². The fourth-order valence-corrected chi connectivity index (χ4v) is 2.58. The summed E-state index contributed by atoms with van der Waals surface area (Å²) in [6.07, 6.45) is 0. The zero-order valence-corrected chi connectivity index (χ0v) is 11.5. The highest BCUT2D eigenvalue weighted by molar-refractivity contribution is 7.86. The van der Waals surface area contributed by atoms with Crippen LogP contribution in [0.2, 0.25) is 0 Å². The second kappa shape index (κ2) is 5.44. The molecule has 2 aromatic rings. The highest BCUT2D eigenvalue weighted by atomic mass is 32.2. The van der Waals surface area contributed by atoms with Crippen LogP contribution in [0, 0.1) is 0 Å². The molecule has 0 radical (unpaired) electrons. The van der Waals surface area contributed by atoms with Crippen LogP contribution in [-0.4, -0.2) is 18.9 Å². The largest absolute Gasteiger partial charge is 0.326 e. The lowest BCUT2D eigenvalue weighted by molar-refractivity contribution is -0.114. The van der Waals surface area contributed by atoms with E-state index in [1.165, 1.54) is 19.1 Å². The van der Waals surface area contributed by atoms with Crippen LogP contribution < -0.4 is 5.32 Å². The van der Waals surface area contributed by atoms with Crippen LogP contribution in [0.1, 0.15) is 6.92 Å². The minimum absolute atomic E-state index is 0.146. The molecule has 0 aromatic heterocycles. The number of nitrogens with one attached hydrogen (secondary N) is 1. The van der Waals surface area contributed by atoms with Gasteiger partial charge < -0.3 is 5.32 Å². The molecule has 104 valence electrons. The van der Waals surface area contributed by atoms with Gasteiger partial charge in [-0.15, -0.1) is 0 Å². The first-order valence-corrected chi connectivity index (χ1v) is 7.26. The van der Waals surface area contributed by atoms with E-state index in [9.17, 15) is 17.8 Å². The maximum atomic E-state index is 11.3. The first-order chi connectivity index (χ1) is 9.38. The van der Waals surface area contributed by atoms with Crippen molar-refractivity contribution in [3.8, 4) is 11.1 Å². The average molecular weight is 291 g/mol. The number of amides is 1. The first kappa shape index (κ1) is 14.2. The third-order valence-corrected chi connectivity index (χ3v) is 3.59. The molecule has 2 rings (SSSR count). The van der Waals surface area contributed by atoms with E-state index >= 15 is 0 Å². The summed E-state index contributed by atoms with van der Waals surface area (Å²) in [5.74, 6) is -0.184. The number of hydrogen-bond donors (Lipinski definition) is 2. The van der Waals surface area contributed by atoms with Gasteiger partial charge in [0.15, 0.2) is 0 Å². The summed E-state index contributed by atoms with van der Waals surface area (Å²) in [6, 6.07) is 12.9. The molecule has 0 bridgehead atoms. The van der Waals surface area contributed by atoms with Crippen LogP contribution in [0.15, 0.2) is 53.4 Å². The quantitative estimate of drug-likeness (QED) is 0.851. The van der Waals surface area contributed by atoms with Crippen LogP contribution >= 0.6 is 0 Å². The number of hydrogen-bond acceptors (Lipinski definition) is 3. The van der Waals surface area contributed by atoms with Crippen LogP contribution in [-0.2, 0) is 14.9 Å². The van der Waals surface area contributed by atoms with Gasteiger partial charge in [0, 0.05) is 18.2 Å². The number of carbonyl (C=O) groups excluding carboxylic acids is 1. The van der Waals surface area contributed by atoms with E-state index < -0.39 is 10.1 Å². The lowest BCUT2D eigenvalue weighted by Crippen LogP contribution is -2.05. The van der Waals surface area contributed by atoms with Crippen molar-refractivity contribution < 1.29 is 17.8 Å². The predicted octanol–water partition coefficient (Wildman–Crippen LogP) is 2.56. The standard InChI is InChI=1S/C14H13NO4S/c1-10(16)15-12-8-6-11(7-9-12)13-4-2-3-5-14(13)20(17,18)19/h2-9H,1H3,(H,15,16)(H,17,18,19). The maximum absolute atomic E-state index is 11.3. The topological polar surface area (TPSA) is 83.5 Å². The van der Waals surface area contributed by atoms with Gasteiger partial charge in [0.1, 0.15) is 4.90 Å². The highest BCUT2D eigenvalue weighted by Gasteiger charge is 2.15. The molecule has 1 amide bonds. The summed E-state index contributed by atoms with van der Waals surface area (Å²) in [5.41, 5.74) is 1.65. The minimum Gasteiger partial charge on any atom is -0.326 e. The molecule has 5 nitrogen and oxygen atoms in total. The molecular weight excluding hydrogens is 278 g/mol. The van der Waals surface area contributed by atoms with E-state index in [2.05, 4.69) is 5.32 Å². The van der Waals surface area contributed by atoms with Crippen molar-refractivity contribution >= 4 is 21.7 Å². The van der Waals surface area contributed by atoms with E-state index in [4.69, 9.17) is 0 Å². The highest BCUT2D eigenvalue weighted by Crippen LogP contribution is 2.28. The van der Waals surface area contributed by atoms with E-state index in [1.807, 2.05) is 0 Å². The van der Waals surface area contributed by atoms with Crippen LogP contribution in [0.4, 0.5) is 5.69 Å². The van der Waals surface area contributed by atoms with Gasteiger partial charge in [0.2, 0.25) is 5.91 Å². The molecule has 2 aromatic carbocycles. The molecule has 0 heterocycles. The zero-order valence-electron chi connectivity index (χ0n) is 10.7. The number of anilines is 1. The zero-order chi connectivity index (χ0) is 14.8. The summed E-state index contributed by atoms with van der Waals surface area (Å²) >= 11 is 0. The molecule has 0 aliphatic carbocycles. The molecular formula is C14H13NO4S. The van der Waals surface area contributed by atoms with Crippen molar-refractivity contribution in [2.24, 2.45) is 0 Å². The third-order valence-electron chi connectivity index (χ3n) is 2.68. The second-order valence-electron chi connectivity index (χ2n) is 4.23. The summed E-state index contributed by atoms with van der Waals surface area (Å²) in [5, 5.41) is 2.62. The van der Waals surface area contributed by atoms with Crippen molar-refractivity contribution in [2.45, 2.75) is 11.8 Å². The van der Waals surface area contributed by atoms with Crippen molar-refractivity contribution in [1.29, 1.82) is 0 Å². The monoisotopic (exact) mass is 291 g/mol. The minimum atomic E-state index is -4.28. The lowest BCUT2D eigenvalue weighted by atomic mass is 10.1. The molecule has 0 unspecified atom stereocenters. The SMILES string of the molecule is CC(=O)Nc1ccc(-c2ccccc2S(=O)(=O)O)cc1. The molecule has 0 spiro atoms. The van der Waals surface area contributed by atoms with Crippen LogP contribution in [0.5, 0.6) is 0 Å². The summed E-state index contributed by atoms with van der Waals surface area (Å²) in [4.78, 5) is 10.8. The predicted molar refractivity (Wildman–Crippen MR) is 76.0 cm³/mol. The Kier molecular flexibility index (Phi) is 3.87. The van der Waals surface area contributed by atoms with Crippen molar-refractivity contribution in [2.75, 3.05) is 5.32 Å². The van der Waals surface area contributed by atoms with Crippen molar-refractivity contribution in [3.05, 3.63) is 48.5 Å². The second-order valence-corrected chi connectivity index (χ2v) is 5.62. The smallest absolute Gasteiger partial charge is 0.295 e. The van der Waals surface area contributed by atoms with Gasteiger partial charge in [-0.2, -0.15) is 8.42 Å². The Bertz CT molecular complexity index is 736. The van der Waals surface area contributed by atoms with E-state index in [-0.39, 0.29) is 10.8 Å². The van der Waals surface area contributed by atoms with E-state index in [0.717, 1.165) is 0 Å². The average Bonchev–Trinajstić information content (AvgIpc) is 2.38. The Morgan fingerprint density at radius 2 is 1.65 bits per heavy atom. The first-order valence-electron chi connectivity index (χ1n) is 5.82. The van der Waals surface area contributed by atoms with Gasteiger partial charge in [-0.05, 0) is 23.8 Å². The van der Waals surface area contributed by atoms with Gasteiger partial charge in [-0.3, -0.25) is 9.35 Å². The summed E-state index contributed by atoms with van der Waals surface area (Å²) in [7, 11) is -4.28. The molecule has 6 heteroatoms. The molecule has 0 aliphatic heterocycles. The Morgan fingerprint density at radius 1 is 1.05 bits per heavy atom. The van der Waals surface area contributed by atoms with Gasteiger partial charge in [0.25, 0.3) is 10.1 Å². The van der Waals surface area contributed by atoms with Crippen molar-refractivity contribution in [1.82, 2.24) is 0 Å². The Balaban J connectivity index is 2.45. The third kappa shape index (κ3) is 3.23. The number of carbonyl (C=O) groups is 1. The Morgan fingerprint density at radius 3 is 2.20 bits per heavy atom. The molecule has 0 atom stereocenters. The maximum Gasteiger partial charge on any atom is 0.295 e. The van der Waals surface area contributed by atoms with Gasteiger partial charge in [-0.1, -0.05) is 30.3 Å². The lowest BCUT2D eigenvalue weighted by Gasteiger charge is -2.08. The molecule has 20 heavy (non-hydrogen) atoms. The number of benzene rings is 2. The van der Waals surface area contributed by atoms with Gasteiger partial charge in [0.05, 0.1) is 0 Å².